The summed E-state index contributed by atoms with van der Waals surface area (Å²) in [5.74, 6) is 0.0289. The van der Waals surface area contributed by atoms with Gasteiger partial charge in [-0.2, -0.15) is 0 Å². The minimum absolute atomic E-state index is 0.0289. The van der Waals surface area contributed by atoms with E-state index in [2.05, 4.69) is 27.1 Å². The number of nitrogens with zero attached hydrogens (tertiary/aromatic N) is 3. The predicted octanol–water partition coefficient (Wildman–Crippen LogP) is 3.80. The van der Waals surface area contributed by atoms with Crippen molar-refractivity contribution < 1.29 is 4.79 Å². The quantitative estimate of drug-likeness (QED) is 0.812. The van der Waals surface area contributed by atoms with Crippen LogP contribution >= 0.6 is 11.3 Å². The molecule has 2 heterocycles. The summed E-state index contributed by atoms with van der Waals surface area (Å²) >= 11 is 1.50. The van der Waals surface area contributed by atoms with E-state index in [0.29, 0.717) is 0 Å². The zero-order valence-electron chi connectivity index (χ0n) is 17.6. The van der Waals surface area contributed by atoms with Gasteiger partial charge in [-0.15, -0.1) is 11.3 Å². The Balaban J connectivity index is 1.46. The molecule has 2 fully saturated rings. The Kier molecular flexibility index (Phi) is 6.32. The smallest absolute Gasteiger partial charge is 0.263 e. The van der Waals surface area contributed by atoms with Gasteiger partial charge < -0.3 is 10.2 Å². The topological polar surface area (TPSA) is 48.5 Å². The Morgan fingerprint density at radius 2 is 1.79 bits per heavy atom. The third kappa shape index (κ3) is 4.55. The van der Waals surface area contributed by atoms with Crippen molar-refractivity contribution in [3.8, 4) is 10.6 Å². The molecule has 2 aliphatic rings. The molecule has 0 unspecified atom stereocenters. The highest BCUT2D eigenvalue weighted by Gasteiger charge is 2.39. The highest BCUT2D eigenvalue weighted by molar-refractivity contribution is 7.17. The number of aromatic nitrogens is 1. The molecule has 6 heteroatoms. The van der Waals surface area contributed by atoms with E-state index in [1.165, 1.54) is 43.4 Å². The molecule has 1 aliphatic carbocycles. The molecule has 0 spiro atoms. The number of nitrogens with one attached hydrogen (secondary N) is 1. The fourth-order valence-electron chi connectivity index (χ4n) is 4.73. The lowest BCUT2D eigenvalue weighted by Crippen LogP contribution is -2.61. The summed E-state index contributed by atoms with van der Waals surface area (Å²) in [5, 5.41) is 4.22. The number of piperazine rings is 1. The van der Waals surface area contributed by atoms with Gasteiger partial charge in [-0.05, 0) is 26.8 Å². The van der Waals surface area contributed by atoms with Crippen LogP contribution in [0.5, 0.6) is 0 Å². The minimum atomic E-state index is 0.0289. The minimum Gasteiger partial charge on any atom is -0.349 e. The molecule has 1 saturated carbocycles. The fourth-order valence-corrected chi connectivity index (χ4v) is 5.72. The number of hydrogen-bond donors (Lipinski definition) is 1. The van der Waals surface area contributed by atoms with Crippen molar-refractivity contribution in [2.75, 3.05) is 39.8 Å². The predicted molar refractivity (Wildman–Crippen MR) is 120 cm³/mol. The van der Waals surface area contributed by atoms with Crippen molar-refractivity contribution in [3.05, 3.63) is 40.9 Å². The number of thiazole rings is 1. The van der Waals surface area contributed by atoms with Crippen LogP contribution in [0.15, 0.2) is 30.3 Å². The van der Waals surface area contributed by atoms with E-state index in [1.807, 2.05) is 37.3 Å². The first kappa shape index (κ1) is 20.5. The Bertz CT molecular complexity index is 821. The van der Waals surface area contributed by atoms with Gasteiger partial charge in [0.1, 0.15) is 9.88 Å². The molecule has 0 atom stereocenters. The lowest BCUT2D eigenvalue weighted by Gasteiger charge is -2.49. The molecule has 4 rings (SSSR count). The molecule has 0 bridgehead atoms. The van der Waals surface area contributed by atoms with E-state index in [9.17, 15) is 4.79 Å². The summed E-state index contributed by atoms with van der Waals surface area (Å²) in [6.45, 7) is 7.12. The highest BCUT2D eigenvalue weighted by atomic mass is 32.1. The molecular weight excluding hydrogens is 380 g/mol. The van der Waals surface area contributed by atoms with Gasteiger partial charge >= 0.3 is 0 Å². The van der Waals surface area contributed by atoms with E-state index in [-0.39, 0.29) is 11.4 Å². The Hall–Kier alpha value is -1.76. The average molecular weight is 413 g/mol. The van der Waals surface area contributed by atoms with Crippen LogP contribution in [0.25, 0.3) is 10.6 Å². The van der Waals surface area contributed by atoms with Gasteiger partial charge in [0.15, 0.2) is 0 Å². The van der Waals surface area contributed by atoms with E-state index in [0.717, 1.165) is 53.9 Å². The zero-order valence-corrected chi connectivity index (χ0v) is 18.4. The summed E-state index contributed by atoms with van der Waals surface area (Å²) in [4.78, 5) is 23.5. The molecule has 1 saturated heterocycles. The maximum atomic E-state index is 13.1. The molecule has 1 aliphatic heterocycles. The number of hydrogen-bond acceptors (Lipinski definition) is 5. The maximum absolute atomic E-state index is 13.1. The normalized spacial score (nSPS) is 20.5. The first-order valence-corrected chi connectivity index (χ1v) is 11.6. The number of rotatable bonds is 5. The van der Waals surface area contributed by atoms with Crippen LogP contribution in [-0.4, -0.2) is 66.0 Å². The van der Waals surface area contributed by atoms with E-state index in [1.54, 1.807) is 0 Å². The van der Waals surface area contributed by atoms with Crippen molar-refractivity contribution in [2.45, 2.75) is 44.6 Å². The van der Waals surface area contributed by atoms with Crippen molar-refractivity contribution in [1.82, 2.24) is 20.1 Å². The van der Waals surface area contributed by atoms with Crippen LogP contribution < -0.4 is 5.32 Å². The second-order valence-corrected chi connectivity index (χ2v) is 9.56. The third-order valence-electron chi connectivity index (χ3n) is 6.56. The number of benzene rings is 1. The number of likely N-dealkylation sites (N-methyl/N-ethyl adjacent to an activating group) is 1. The second-order valence-electron chi connectivity index (χ2n) is 8.56. The average Bonchev–Trinajstić information content (AvgIpc) is 3.15. The van der Waals surface area contributed by atoms with Crippen molar-refractivity contribution >= 4 is 17.2 Å². The molecule has 1 aromatic carbocycles. The summed E-state index contributed by atoms with van der Waals surface area (Å²) in [6.07, 6.45) is 6.22. The second kappa shape index (κ2) is 8.94. The van der Waals surface area contributed by atoms with Crippen LogP contribution in [0.2, 0.25) is 0 Å². The first-order chi connectivity index (χ1) is 14.1. The molecule has 1 aromatic heterocycles. The molecule has 1 amide bonds. The summed E-state index contributed by atoms with van der Waals surface area (Å²) in [6, 6.07) is 10.1. The van der Waals surface area contributed by atoms with Crippen molar-refractivity contribution in [2.24, 2.45) is 0 Å². The monoisotopic (exact) mass is 412 g/mol. The van der Waals surface area contributed by atoms with Crippen LogP contribution in [0.4, 0.5) is 0 Å². The van der Waals surface area contributed by atoms with Crippen LogP contribution in [0.1, 0.15) is 47.5 Å². The number of aryl methyl sites for hydroxylation is 1. The highest BCUT2D eigenvalue weighted by Crippen LogP contribution is 2.34. The standard InChI is InChI=1S/C23H32N4OS/c1-18-20(29-22(25-18)19-9-5-3-6-10-19)21(28)24-17-23(11-7-4-8-12-23)27-15-13-26(2)14-16-27/h3,5-6,9-10H,4,7-8,11-17H2,1-2H3,(H,24,28). The van der Waals surface area contributed by atoms with Crippen molar-refractivity contribution in [3.63, 3.8) is 0 Å². The van der Waals surface area contributed by atoms with Gasteiger partial charge in [0.05, 0.1) is 5.69 Å². The Morgan fingerprint density at radius 1 is 1.10 bits per heavy atom. The van der Waals surface area contributed by atoms with Crippen LogP contribution in [0, 0.1) is 6.92 Å². The molecule has 0 radical (unpaired) electrons. The van der Waals surface area contributed by atoms with Gasteiger partial charge in [0.25, 0.3) is 5.91 Å². The molecular formula is C23H32N4OS. The summed E-state index contributed by atoms with van der Waals surface area (Å²) in [7, 11) is 2.20. The van der Waals surface area contributed by atoms with Gasteiger partial charge in [-0.3, -0.25) is 9.69 Å². The number of carbonyl (C=O) groups excluding carboxylic acids is 1. The summed E-state index contributed by atoms with van der Waals surface area (Å²) in [5.41, 5.74) is 2.01. The molecule has 156 valence electrons. The Morgan fingerprint density at radius 3 is 2.48 bits per heavy atom. The molecule has 29 heavy (non-hydrogen) atoms. The zero-order chi connectivity index (χ0) is 20.3. The Labute approximate surface area is 178 Å². The first-order valence-electron chi connectivity index (χ1n) is 10.8. The summed E-state index contributed by atoms with van der Waals surface area (Å²) < 4.78 is 0. The van der Waals surface area contributed by atoms with E-state index < -0.39 is 0 Å². The van der Waals surface area contributed by atoms with E-state index in [4.69, 9.17) is 0 Å². The number of carbonyl (C=O) groups is 1. The maximum Gasteiger partial charge on any atom is 0.263 e. The van der Waals surface area contributed by atoms with Crippen LogP contribution in [-0.2, 0) is 0 Å². The van der Waals surface area contributed by atoms with Gasteiger partial charge in [-0.1, -0.05) is 49.6 Å². The molecule has 2 aromatic rings. The van der Waals surface area contributed by atoms with Gasteiger partial charge in [0, 0.05) is 43.8 Å². The third-order valence-corrected chi connectivity index (χ3v) is 7.77. The number of amides is 1. The molecule has 1 N–H and O–H groups in total. The van der Waals surface area contributed by atoms with Crippen molar-refractivity contribution in [1.29, 1.82) is 0 Å². The van der Waals surface area contributed by atoms with Crippen LogP contribution in [0.3, 0.4) is 0 Å². The van der Waals surface area contributed by atoms with E-state index >= 15 is 0 Å². The lowest BCUT2D eigenvalue weighted by atomic mass is 9.79. The SMILES string of the molecule is Cc1nc(-c2ccccc2)sc1C(=O)NCC1(N2CCN(C)CC2)CCCCC1. The van der Waals surface area contributed by atoms with Gasteiger partial charge in [-0.25, -0.2) is 4.98 Å². The lowest BCUT2D eigenvalue weighted by molar-refractivity contribution is 0.0139. The molecule has 5 nitrogen and oxygen atoms in total. The van der Waals surface area contributed by atoms with Gasteiger partial charge in [0.2, 0.25) is 0 Å². The fraction of sp³-hybridized carbons (Fsp3) is 0.565. The largest absolute Gasteiger partial charge is 0.349 e.